The summed E-state index contributed by atoms with van der Waals surface area (Å²) in [6.07, 6.45) is 4.85. The Balaban J connectivity index is 1.52. The van der Waals surface area contributed by atoms with Crippen molar-refractivity contribution in [1.29, 1.82) is 0 Å². The minimum absolute atomic E-state index is 0.0254. The van der Waals surface area contributed by atoms with Crippen molar-refractivity contribution in [1.82, 2.24) is 4.57 Å². The second-order valence-electron chi connectivity index (χ2n) is 5.24. The third-order valence-corrected chi connectivity index (χ3v) is 3.65. The Morgan fingerprint density at radius 3 is 2.59 bits per heavy atom. The van der Waals surface area contributed by atoms with Crippen LogP contribution >= 0.6 is 0 Å². The molecule has 1 fully saturated rings. The molecule has 0 unspecified atom stereocenters. The molecule has 0 bridgehead atoms. The van der Waals surface area contributed by atoms with Crippen LogP contribution < -0.4 is 5.43 Å². The first-order chi connectivity index (χ1) is 10.7. The van der Waals surface area contributed by atoms with E-state index in [-0.39, 0.29) is 30.3 Å². The van der Waals surface area contributed by atoms with Gasteiger partial charge in [0.25, 0.3) is 0 Å². The number of carbonyl (C=O) groups excluding carboxylic acids is 1. The first-order valence-electron chi connectivity index (χ1n) is 7.28. The Labute approximate surface area is 128 Å². The van der Waals surface area contributed by atoms with Gasteiger partial charge in [-0.25, -0.2) is 4.79 Å². The van der Waals surface area contributed by atoms with Crippen molar-refractivity contribution in [3.63, 3.8) is 0 Å². The van der Waals surface area contributed by atoms with E-state index in [1.165, 1.54) is 12.1 Å². The summed E-state index contributed by atoms with van der Waals surface area (Å²) in [5.74, 6) is -0.337. The van der Waals surface area contributed by atoms with Gasteiger partial charge < -0.3 is 14.0 Å². The maximum Gasteiger partial charge on any atom is 0.338 e. The summed E-state index contributed by atoms with van der Waals surface area (Å²) in [5, 5.41) is 0. The molecule has 5 nitrogen and oxygen atoms in total. The fraction of sp³-hybridized carbons (Fsp3) is 0.294. The van der Waals surface area contributed by atoms with E-state index in [9.17, 15) is 9.59 Å². The number of esters is 1. The maximum absolute atomic E-state index is 11.9. The third-order valence-electron chi connectivity index (χ3n) is 3.65. The van der Waals surface area contributed by atoms with E-state index in [0.29, 0.717) is 5.56 Å². The molecule has 0 saturated carbocycles. The molecule has 1 aromatic carbocycles. The van der Waals surface area contributed by atoms with Crippen molar-refractivity contribution in [2.45, 2.75) is 25.2 Å². The molecule has 0 spiro atoms. The van der Waals surface area contributed by atoms with E-state index in [4.69, 9.17) is 9.47 Å². The Morgan fingerprint density at radius 1 is 1.14 bits per heavy atom. The summed E-state index contributed by atoms with van der Waals surface area (Å²) >= 11 is 0. The molecular weight excluding hydrogens is 282 g/mol. The third kappa shape index (κ3) is 3.43. The van der Waals surface area contributed by atoms with Gasteiger partial charge in [0.05, 0.1) is 11.7 Å². The van der Waals surface area contributed by atoms with Gasteiger partial charge in [0.2, 0.25) is 0 Å². The minimum atomic E-state index is -0.337. The zero-order chi connectivity index (χ0) is 15.4. The smallest absolute Gasteiger partial charge is 0.338 e. The van der Waals surface area contributed by atoms with Crippen LogP contribution in [0.4, 0.5) is 0 Å². The fourth-order valence-electron chi connectivity index (χ4n) is 2.47. The Morgan fingerprint density at radius 2 is 1.86 bits per heavy atom. The van der Waals surface area contributed by atoms with Gasteiger partial charge in [-0.1, -0.05) is 18.2 Å². The van der Waals surface area contributed by atoms with Gasteiger partial charge in [-0.05, 0) is 25.0 Å². The van der Waals surface area contributed by atoms with Crippen LogP contribution in [-0.2, 0) is 9.47 Å². The molecule has 1 aromatic heterocycles. The van der Waals surface area contributed by atoms with Gasteiger partial charge in [0.1, 0.15) is 12.8 Å². The molecule has 0 radical (unpaired) electrons. The van der Waals surface area contributed by atoms with Gasteiger partial charge in [-0.2, -0.15) is 0 Å². The Bertz CT molecular complexity index is 675. The SMILES string of the molecule is O=C(OC[C@@H]1CC[C@H](n2ccc(=O)cc2)O1)c1ccccc1. The van der Waals surface area contributed by atoms with Gasteiger partial charge in [-0.15, -0.1) is 0 Å². The van der Waals surface area contributed by atoms with Gasteiger partial charge >= 0.3 is 5.97 Å². The van der Waals surface area contributed by atoms with Gasteiger partial charge in [-0.3, -0.25) is 4.79 Å². The van der Waals surface area contributed by atoms with Gasteiger partial charge in [0.15, 0.2) is 5.43 Å². The predicted octanol–water partition coefficient (Wildman–Crippen LogP) is 2.38. The van der Waals surface area contributed by atoms with Crippen molar-refractivity contribution in [2.24, 2.45) is 0 Å². The highest BCUT2D eigenvalue weighted by Gasteiger charge is 2.27. The van der Waals surface area contributed by atoms with Crippen molar-refractivity contribution in [2.75, 3.05) is 6.61 Å². The molecule has 2 heterocycles. The number of pyridine rings is 1. The normalized spacial score (nSPS) is 20.7. The lowest BCUT2D eigenvalue weighted by molar-refractivity contribution is -0.0324. The van der Waals surface area contributed by atoms with Crippen molar-refractivity contribution in [3.8, 4) is 0 Å². The maximum atomic E-state index is 11.9. The van der Waals surface area contributed by atoms with Crippen molar-refractivity contribution in [3.05, 3.63) is 70.6 Å². The number of ether oxygens (including phenoxy) is 2. The highest BCUT2D eigenvalue weighted by Crippen LogP contribution is 2.27. The molecule has 114 valence electrons. The molecule has 22 heavy (non-hydrogen) atoms. The number of nitrogens with zero attached hydrogens (tertiary/aromatic N) is 1. The molecule has 1 aliphatic rings. The van der Waals surface area contributed by atoms with Crippen LogP contribution in [0.1, 0.15) is 29.4 Å². The molecule has 0 amide bonds. The zero-order valence-corrected chi connectivity index (χ0v) is 12.1. The molecule has 1 saturated heterocycles. The van der Waals surface area contributed by atoms with Gasteiger partial charge in [0, 0.05) is 24.5 Å². The summed E-state index contributed by atoms with van der Waals surface area (Å²) < 4.78 is 13.0. The van der Waals surface area contributed by atoms with Crippen LogP contribution in [0.5, 0.6) is 0 Å². The zero-order valence-electron chi connectivity index (χ0n) is 12.1. The molecule has 1 aliphatic heterocycles. The highest BCUT2D eigenvalue weighted by molar-refractivity contribution is 5.89. The monoisotopic (exact) mass is 299 g/mol. The van der Waals surface area contributed by atoms with Crippen LogP contribution in [-0.4, -0.2) is 23.2 Å². The first kappa shape index (κ1) is 14.5. The number of benzene rings is 1. The lowest BCUT2D eigenvalue weighted by Crippen LogP contribution is -2.19. The topological polar surface area (TPSA) is 57.5 Å². The quantitative estimate of drug-likeness (QED) is 0.813. The van der Waals surface area contributed by atoms with E-state index in [1.807, 2.05) is 10.6 Å². The van der Waals surface area contributed by atoms with E-state index in [0.717, 1.165) is 12.8 Å². The first-order valence-corrected chi connectivity index (χ1v) is 7.28. The van der Waals surface area contributed by atoms with Crippen LogP contribution in [0.3, 0.4) is 0 Å². The average Bonchev–Trinajstić information content (AvgIpc) is 3.03. The number of aromatic nitrogens is 1. The van der Waals surface area contributed by atoms with E-state index < -0.39 is 0 Å². The number of rotatable bonds is 4. The molecular formula is C17H17NO4. The molecule has 3 rings (SSSR count). The Kier molecular flexibility index (Phi) is 4.34. The molecule has 0 N–H and O–H groups in total. The second-order valence-corrected chi connectivity index (χ2v) is 5.24. The van der Waals surface area contributed by atoms with Crippen LogP contribution in [0.25, 0.3) is 0 Å². The van der Waals surface area contributed by atoms with Crippen molar-refractivity contribution < 1.29 is 14.3 Å². The average molecular weight is 299 g/mol. The number of hydrogen-bond acceptors (Lipinski definition) is 4. The minimum Gasteiger partial charge on any atom is -0.459 e. The second kappa shape index (κ2) is 6.58. The van der Waals surface area contributed by atoms with Crippen LogP contribution in [0, 0.1) is 0 Å². The molecule has 2 atom stereocenters. The van der Waals surface area contributed by atoms with Crippen LogP contribution in [0.15, 0.2) is 59.7 Å². The Hall–Kier alpha value is -2.40. The molecule has 2 aromatic rings. The summed E-state index contributed by atoms with van der Waals surface area (Å²) in [7, 11) is 0. The van der Waals surface area contributed by atoms with Crippen molar-refractivity contribution >= 4 is 5.97 Å². The fourth-order valence-corrected chi connectivity index (χ4v) is 2.47. The lowest BCUT2D eigenvalue weighted by Gasteiger charge is -2.16. The summed E-state index contributed by atoms with van der Waals surface area (Å²) in [5.41, 5.74) is 0.514. The summed E-state index contributed by atoms with van der Waals surface area (Å²) in [6, 6.07) is 11.9. The van der Waals surface area contributed by atoms with Crippen LogP contribution in [0.2, 0.25) is 0 Å². The molecule has 0 aliphatic carbocycles. The standard InChI is InChI=1S/C17H17NO4/c19-14-8-10-18(11-9-14)16-7-6-15(22-16)12-21-17(20)13-4-2-1-3-5-13/h1-5,8-11,15-16H,6-7,12H2/t15-,16+/m0/s1. The predicted molar refractivity (Wildman–Crippen MR) is 80.6 cm³/mol. The summed E-state index contributed by atoms with van der Waals surface area (Å²) in [4.78, 5) is 23.0. The number of carbonyl (C=O) groups is 1. The molecule has 5 heteroatoms. The summed E-state index contributed by atoms with van der Waals surface area (Å²) in [6.45, 7) is 0.241. The lowest BCUT2D eigenvalue weighted by atomic mass is 10.2. The largest absolute Gasteiger partial charge is 0.459 e. The highest BCUT2D eigenvalue weighted by atomic mass is 16.6. The number of hydrogen-bond donors (Lipinski definition) is 0. The van der Waals surface area contributed by atoms with E-state index >= 15 is 0 Å². The van der Waals surface area contributed by atoms with E-state index in [1.54, 1.807) is 36.7 Å². The van der Waals surface area contributed by atoms with E-state index in [2.05, 4.69) is 0 Å².